The fourth-order valence-electron chi connectivity index (χ4n) is 1.58. The van der Waals surface area contributed by atoms with E-state index in [4.69, 9.17) is 6.92 Å². The summed E-state index contributed by atoms with van der Waals surface area (Å²) in [5.74, 6) is 0. The second-order valence-electron chi connectivity index (χ2n) is 3.28. The van der Waals surface area contributed by atoms with Gasteiger partial charge in [0.05, 0.1) is 0 Å². The summed E-state index contributed by atoms with van der Waals surface area (Å²) < 4.78 is 0. The van der Waals surface area contributed by atoms with Crippen LogP contribution in [0.25, 0.3) is 0 Å². The van der Waals surface area contributed by atoms with Crippen molar-refractivity contribution in [1.29, 1.82) is 0 Å². The second kappa shape index (κ2) is 5.09. The van der Waals surface area contributed by atoms with Gasteiger partial charge in [-0.25, -0.2) is 0 Å². The van der Waals surface area contributed by atoms with Crippen LogP contribution in [0.1, 0.15) is 0 Å². The second-order valence-corrected chi connectivity index (χ2v) is 5.54. The predicted octanol–water partition coefficient (Wildman–Crippen LogP) is 2.83. The number of hydrogen-bond acceptors (Lipinski definition) is 0. The van der Waals surface area contributed by atoms with Gasteiger partial charge in [-0.1, -0.05) is 60.7 Å². The highest BCUT2D eigenvalue weighted by Gasteiger charge is 2.09. The van der Waals surface area contributed by atoms with Gasteiger partial charge in [0.1, 0.15) is 0 Å². The lowest BCUT2D eigenvalue weighted by atomic mass is 10.4. The average Bonchev–Trinajstić information content (AvgIpc) is 2.33. The first-order valence-corrected chi connectivity index (χ1v) is 6.52. The Kier molecular flexibility index (Phi) is 3.53. The molecule has 0 aliphatic heterocycles. The lowest BCUT2D eigenvalue weighted by Gasteiger charge is -2.15. The van der Waals surface area contributed by atoms with E-state index in [2.05, 4.69) is 48.5 Å². The topological polar surface area (TPSA) is 0 Å². The normalized spacial score (nSPS) is 10.5. The summed E-state index contributed by atoms with van der Waals surface area (Å²) >= 11 is 0. The molecular formula is C14H13P. The predicted molar refractivity (Wildman–Crippen MR) is 68.2 cm³/mol. The highest BCUT2D eigenvalue weighted by atomic mass is 31.1. The van der Waals surface area contributed by atoms with E-state index in [-0.39, 0.29) is 7.92 Å². The van der Waals surface area contributed by atoms with E-state index in [1.807, 2.05) is 12.1 Å². The maximum atomic E-state index is 5.87. The zero-order chi connectivity index (χ0) is 10.5. The third-order valence-electron chi connectivity index (χ3n) is 2.32. The first-order chi connectivity index (χ1) is 7.42. The molecule has 0 saturated heterocycles. The third-order valence-corrected chi connectivity index (χ3v) is 4.53. The molecule has 0 aliphatic rings. The first-order valence-electron chi connectivity index (χ1n) is 4.99. The van der Waals surface area contributed by atoms with Gasteiger partial charge in [0.15, 0.2) is 0 Å². The summed E-state index contributed by atoms with van der Waals surface area (Å²) in [6.07, 6.45) is 0.712. The van der Waals surface area contributed by atoms with E-state index in [1.54, 1.807) is 0 Å². The number of benzene rings is 2. The number of rotatable bonds is 3. The summed E-state index contributed by atoms with van der Waals surface area (Å²) in [6.45, 7) is 5.87. The molecule has 0 N–H and O–H groups in total. The highest BCUT2D eigenvalue weighted by molar-refractivity contribution is 7.73. The molecule has 74 valence electrons. The van der Waals surface area contributed by atoms with E-state index >= 15 is 0 Å². The minimum Gasteiger partial charge on any atom is -0.0622 e. The largest absolute Gasteiger partial charge is 0.0622 e. The van der Waals surface area contributed by atoms with Crippen molar-refractivity contribution in [2.24, 2.45) is 0 Å². The van der Waals surface area contributed by atoms with Crippen LogP contribution in [0.2, 0.25) is 0 Å². The molecule has 0 fully saturated rings. The molecule has 0 nitrogen and oxygen atoms in total. The van der Waals surface area contributed by atoms with Gasteiger partial charge in [0.25, 0.3) is 0 Å². The standard InChI is InChI=1S/C14H13P/c1-2-15(13-9-5-3-6-10-13)14-11-7-4-8-12-14/h1,3-12H,2H2. The first kappa shape index (κ1) is 10.4. The molecule has 0 spiro atoms. The third kappa shape index (κ3) is 2.46. The molecule has 0 atom stereocenters. The molecule has 2 rings (SSSR count). The summed E-state index contributed by atoms with van der Waals surface area (Å²) in [5, 5.41) is 2.70. The molecule has 2 aromatic carbocycles. The van der Waals surface area contributed by atoms with Crippen molar-refractivity contribution in [3.8, 4) is 0 Å². The van der Waals surface area contributed by atoms with Gasteiger partial charge < -0.3 is 0 Å². The minimum atomic E-state index is -0.371. The molecule has 0 aromatic heterocycles. The van der Waals surface area contributed by atoms with E-state index in [9.17, 15) is 0 Å². The van der Waals surface area contributed by atoms with Gasteiger partial charge in [-0.2, -0.15) is 0 Å². The van der Waals surface area contributed by atoms with Crippen LogP contribution in [-0.2, 0) is 0 Å². The fourth-order valence-corrected chi connectivity index (χ4v) is 3.36. The van der Waals surface area contributed by atoms with E-state index in [0.717, 1.165) is 0 Å². The maximum absolute atomic E-state index is 5.87. The van der Waals surface area contributed by atoms with Crippen molar-refractivity contribution in [3.63, 3.8) is 0 Å². The molecular weight excluding hydrogens is 199 g/mol. The molecule has 15 heavy (non-hydrogen) atoms. The van der Waals surface area contributed by atoms with E-state index in [1.165, 1.54) is 10.6 Å². The van der Waals surface area contributed by atoms with Gasteiger partial charge in [-0.15, -0.1) is 0 Å². The van der Waals surface area contributed by atoms with Crippen molar-refractivity contribution >= 4 is 18.5 Å². The molecule has 0 amide bonds. The zero-order valence-electron chi connectivity index (χ0n) is 8.51. The minimum absolute atomic E-state index is 0.371. The Morgan fingerprint density at radius 3 is 1.47 bits per heavy atom. The lowest BCUT2D eigenvalue weighted by Crippen LogP contribution is -2.12. The molecule has 0 heterocycles. The average molecular weight is 212 g/mol. The molecule has 2 aromatic rings. The van der Waals surface area contributed by atoms with E-state index in [0.29, 0.717) is 6.16 Å². The van der Waals surface area contributed by atoms with Crippen LogP contribution < -0.4 is 10.6 Å². The number of hydrogen-bond donors (Lipinski definition) is 0. The van der Waals surface area contributed by atoms with Crippen LogP contribution >= 0.6 is 7.92 Å². The maximum Gasteiger partial charge on any atom is -0.0195 e. The van der Waals surface area contributed by atoms with Gasteiger partial charge in [-0.05, 0) is 31.6 Å². The van der Waals surface area contributed by atoms with Crippen molar-refractivity contribution in [3.05, 3.63) is 67.6 Å². The Morgan fingerprint density at radius 1 is 0.733 bits per heavy atom. The van der Waals surface area contributed by atoms with Crippen molar-refractivity contribution < 1.29 is 0 Å². The van der Waals surface area contributed by atoms with Crippen molar-refractivity contribution in [2.75, 3.05) is 6.16 Å². The SMILES string of the molecule is [CH]CP(c1ccccc1)c1ccccc1. The fraction of sp³-hybridized carbons (Fsp3) is 0.0714. The van der Waals surface area contributed by atoms with Gasteiger partial charge in [-0.3, -0.25) is 0 Å². The Hall–Kier alpha value is -1.13. The quantitative estimate of drug-likeness (QED) is 0.686. The van der Waals surface area contributed by atoms with Crippen molar-refractivity contribution in [1.82, 2.24) is 0 Å². The van der Waals surface area contributed by atoms with Gasteiger partial charge >= 0.3 is 0 Å². The van der Waals surface area contributed by atoms with Crippen LogP contribution in [-0.4, -0.2) is 6.16 Å². The zero-order valence-corrected chi connectivity index (χ0v) is 9.40. The summed E-state index contributed by atoms with van der Waals surface area (Å²) in [7, 11) is -0.371. The Morgan fingerprint density at radius 2 is 1.13 bits per heavy atom. The lowest BCUT2D eigenvalue weighted by molar-refractivity contribution is 1.71. The van der Waals surface area contributed by atoms with Crippen LogP contribution in [0.5, 0.6) is 0 Å². The molecule has 0 aliphatic carbocycles. The molecule has 1 heteroatoms. The summed E-state index contributed by atoms with van der Waals surface area (Å²) in [4.78, 5) is 0. The summed E-state index contributed by atoms with van der Waals surface area (Å²) in [6, 6.07) is 21.0. The Balaban J connectivity index is 2.34. The molecule has 0 bridgehead atoms. The Bertz CT molecular complexity index is 355. The van der Waals surface area contributed by atoms with Gasteiger partial charge in [0.2, 0.25) is 0 Å². The molecule has 0 saturated carbocycles. The van der Waals surface area contributed by atoms with Crippen LogP contribution in [0.4, 0.5) is 0 Å². The monoisotopic (exact) mass is 212 g/mol. The van der Waals surface area contributed by atoms with Crippen LogP contribution in [0.3, 0.4) is 0 Å². The van der Waals surface area contributed by atoms with Crippen LogP contribution in [0, 0.1) is 6.92 Å². The molecule has 2 radical (unpaired) electrons. The molecule has 0 unspecified atom stereocenters. The van der Waals surface area contributed by atoms with Crippen LogP contribution in [0.15, 0.2) is 60.7 Å². The van der Waals surface area contributed by atoms with Gasteiger partial charge in [0, 0.05) is 0 Å². The highest BCUT2D eigenvalue weighted by Crippen LogP contribution is 2.31. The Labute approximate surface area is 92.7 Å². The smallest absolute Gasteiger partial charge is 0.0195 e. The van der Waals surface area contributed by atoms with Crippen molar-refractivity contribution in [2.45, 2.75) is 0 Å². The summed E-state index contributed by atoms with van der Waals surface area (Å²) in [5.41, 5.74) is 0. The van der Waals surface area contributed by atoms with E-state index < -0.39 is 0 Å².